The van der Waals surface area contributed by atoms with Gasteiger partial charge < -0.3 is 14.9 Å². The molecule has 0 unspecified atom stereocenters. The summed E-state index contributed by atoms with van der Waals surface area (Å²) in [6.07, 6.45) is 3.40. The Balaban J connectivity index is 1.66. The minimum Gasteiger partial charge on any atom is -0.388 e. The summed E-state index contributed by atoms with van der Waals surface area (Å²) in [6, 6.07) is 2.85. The highest BCUT2D eigenvalue weighted by Crippen LogP contribution is 2.29. The number of likely N-dealkylation sites (tertiary alicyclic amines) is 2. The van der Waals surface area contributed by atoms with Gasteiger partial charge in [0.25, 0.3) is 5.91 Å². The molecule has 2 aliphatic heterocycles. The number of halogens is 2. The van der Waals surface area contributed by atoms with Gasteiger partial charge in [0.05, 0.1) is 16.2 Å². The molecule has 24 heavy (non-hydrogen) atoms. The number of carbonyl (C=O) groups is 1. The maximum atomic E-state index is 14.1. The van der Waals surface area contributed by atoms with Crippen LogP contribution in [-0.2, 0) is 0 Å². The normalized spacial score (nSPS) is 21.2. The van der Waals surface area contributed by atoms with E-state index < -0.39 is 11.4 Å². The highest BCUT2D eigenvalue weighted by atomic mass is 35.5. The maximum absolute atomic E-state index is 14.1. The molecule has 2 heterocycles. The lowest BCUT2D eigenvalue weighted by atomic mass is 9.90. The monoisotopic (exact) mass is 354 g/mol. The molecule has 132 valence electrons. The first kappa shape index (κ1) is 17.6. The third-order valence-electron chi connectivity index (χ3n) is 5.20. The molecule has 0 saturated carbocycles. The van der Waals surface area contributed by atoms with Crippen molar-refractivity contribution < 1.29 is 14.3 Å². The van der Waals surface area contributed by atoms with Gasteiger partial charge >= 0.3 is 0 Å². The summed E-state index contributed by atoms with van der Waals surface area (Å²) in [5.41, 5.74) is -0.124. The molecule has 2 fully saturated rings. The van der Waals surface area contributed by atoms with Crippen LogP contribution in [0.5, 0.6) is 0 Å². The molecule has 2 aliphatic rings. The summed E-state index contributed by atoms with van der Waals surface area (Å²) >= 11 is 6.14. The Morgan fingerprint density at radius 1 is 1.25 bits per heavy atom. The van der Waals surface area contributed by atoms with Crippen LogP contribution in [0, 0.1) is 12.7 Å². The van der Waals surface area contributed by atoms with Crippen molar-refractivity contribution in [2.75, 3.05) is 32.7 Å². The molecular weight excluding hydrogens is 331 g/mol. The van der Waals surface area contributed by atoms with E-state index in [1.807, 2.05) is 0 Å². The lowest BCUT2D eigenvalue weighted by Gasteiger charge is -2.40. The first-order chi connectivity index (χ1) is 11.4. The van der Waals surface area contributed by atoms with Gasteiger partial charge in [0.1, 0.15) is 5.82 Å². The summed E-state index contributed by atoms with van der Waals surface area (Å²) in [6.45, 7) is 5.34. The van der Waals surface area contributed by atoms with Crippen LogP contribution in [0.25, 0.3) is 0 Å². The Labute approximate surface area is 147 Å². The molecule has 1 N–H and O–H groups in total. The van der Waals surface area contributed by atoms with Crippen molar-refractivity contribution in [3.05, 3.63) is 34.1 Å². The average Bonchev–Trinajstić information content (AvgIpc) is 3.04. The number of hydrogen-bond acceptors (Lipinski definition) is 3. The van der Waals surface area contributed by atoms with Crippen LogP contribution >= 0.6 is 11.6 Å². The quantitative estimate of drug-likeness (QED) is 0.907. The number of benzene rings is 1. The molecule has 0 radical (unpaired) electrons. The second-order valence-electron chi connectivity index (χ2n) is 7.05. The molecule has 0 aromatic heterocycles. The first-order valence-electron chi connectivity index (χ1n) is 8.58. The first-order valence-corrected chi connectivity index (χ1v) is 8.96. The highest BCUT2D eigenvalue weighted by molar-refractivity contribution is 6.34. The second-order valence-corrected chi connectivity index (χ2v) is 7.43. The van der Waals surface area contributed by atoms with Gasteiger partial charge in [0.15, 0.2) is 0 Å². The van der Waals surface area contributed by atoms with E-state index >= 15 is 0 Å². The van der Waals surface area contributed by atoms with Gasteiger partial charge in [-0.2, -0.15) is 0 Å². The number of rotatable bonds is 3. The van der Waals surface area contributed by atoms with Crippen molar-refractivity contribution in [1.82, 2.24) is 9.80 Å². The van der Waals surface area contributed by atoms with Crippen molar-refractivity contribution in [2.24, 2.45) is 0 Å². The number of hydrogen-bond donors (Lipinski definition) is 1. The van der Waals surface area contributed by atoms with Crippen LogP contribution in [-0.4, -0.2) is 59.1 Å². The Morgan fingerprint density at radius 2 is 1.88 bits per heavy atom. The lowest BCUT2D eigenvalue weighted by molar-refractivity contribution is -0.0368. The Morgan fingerprint density at radius 3 is 2.50 bits per heavy atom. The molecule has 0 aliphatic carbocycles. The molecular formula is C18H24ClFN2O2. The van der Waals surface area contributed by atoms with Crippen molar-refractivity contribution in [2.45, 2.75) is 38.2 Å². The third-order valence-corrected chi connectivity index (χ3v) is 5.68. The fourth-order valence-electron chi connectivity index (χ4n) is 3.65. The average molecular weight is 355 g/mol. The molecule has 0 bridgehead atoms. The summed E-state index contributed by atoms with van der Waals surface area (Å²) in [5, 5.41) is 11.0. The highest BCUT2D eigenvalue weighted by Gasteiger charge is 2.37. The molecule has 1 aromatic rings. The van der Waals surface area contributed by atoms with Gasteiger partial charge in [-0.3, -0.25) is 4.79 Å². The van der Waals surface area contributed by atoms with E-state index in [0.29, 0.717) is 38.0 Å². The summed E-state index contributed by atoms with van der Waals surface area (Å²) in [7, 11) is 0. The Kier molecular flexibility index (Phi) is 5.13. The van der Waals surface area contributed by atoms with Crippen molar-refractivity contribution >= 4 is 17.5 Å². The van der Waals surface area contributed by atoms with Gasteiger partial charge in [-0.1, -0.05) is 17.7 Å². The predicted octanol–water partition coefficient (Wildman–Crippen LogP) is 2.85. The van der Waals surface area contributed by atoms with Gasteiger partial charge in [0.2, 0.25) is 0 Å². The van der Waals surface area contributed by atoms with Gasteiger partial charge in [-0.25, -0.2) is 4.39 Å². The van der Waals surface area contributed by atoms with Gasteiger partial charge in [-0.05, 0) is 57.3 Å². The zero-order valence-corrected chi connectivity index (χ0v) is 14.8. The van der Waals surface area contributed by atoms with Crippen LogP contribution in [0.2, 0.25) is 5.02 Å². The van der Waals surface area contributed by atoms with Crippen LogP contribution < -0.4 is 0 Å². The Bertz CT molecular complexity index is 624. The number of carbonyl (C=O) groups excluding carboxylic acids is 1. The molecule has 0 spiro atoms. The number of piperidine rings is 1. The van der Waals surface area contributed by atoms with E-state index in [1.165, 1.54) is 18.9 Å². The minimum atomic E-state index is -0.754. The zero-order valence-electron chi connectivity index (χ0n) is 14.0. The molecule has 1 aromatic carbocycles. The fourth-order valence-corrected chi connectivity index (χ4v) is 3.89. The molecule has 6 heteroatoms. The number of nitrogens with zero attached hydrogens (tertiary/aromatic N) is 2. The van der Waals surface area contributed by atoms with Gasteiger partial charge in [0, 0.05) is 19.6 Å². The van der Waals surface area contributed by atoms with E-state index in [4.69, 9.17) is 11.6 Å². The van der Waals surface area contributed by atoms with E-state index in [-0.39, 0.29) is 16.5 Å². The van der Waals surface area contributed by atoms with Crippen LogP contribution in [0.3, 0.4) is 0 Å². The van der Waals surface area contributed by atoms with Crippen molar-refractivity contribution in [3.63, 3.8) is 0 Å². The van der Waals surface area contributed by atoms with E-state index in [0.717, 1.165) is 13.1 Å². The van der Waals surface area contributed by atoms with Crippen LogP contribution in [0.1, 0.15) is 41.6 Å². The van der Waals surface area contributed by atoms with Crippen molar-refractivity contribution in [3.8, 4) is 0 Å². The molecule has 4 nitrogen and oxygen atoms in total. The van der Waals surface area contributed by atoms with E-state index in [1.54, 1.807) is 17.9 Å². The van der Waals surface area contributed by atoms with Crippen LogP contribution in [0.4, 0.5) is 4.39 Å². The second kappa shape index (κ2) is 6.98. The number of β-amino-alcohol motifs (C(OH)–C–C–N with tert-alkyl or cyclic N) is 1. The predicted molar refractivity (Wildman–Crippen MR) is 91.9 cm³/mol. The fraction of sp³-hybridized carbons (Fsp3) is 0.611. The lowest BCUT2D eigenvalue weighted by Crippen LogP contribution is -2.51. The van der Waals surface area contributed by atoms with E-state index in [9.17, 15) is 14.3 Å². The summed E-state index contributed by atoms with van der Waals surface area (Å²) < 4.78 is 14.1. The maximum Gasteiger partial charge on any atom is 0.258 e. The largest absolute Gasteiger partial charge is 0.388 e. The Hall–Kier alpha value is -1.17. The van der Waals surface area contributed by atoms with Crippen molar-refractivity contribution in [1.29, 1.82) is 0 Å². The van der Waals surface area contributed by atoms with E-state index in [2.05, 4.69) is 4.90 Å². The summed E-state index contributed by atoms with van der Waals surface area (Å²) in [4.78, 5) is 16.5. The SMILES string of the molecule is Cc1ccc(F)c(C(=O)N2CCC(O)(CN3CCCC3)CC2)c1Cl. The molecule has 1 amide bonds. The number of amides is 1. The number of aryl methyl sites for hydroxylation is 1. The smallest absolute Gasteiger partial charge is 0.258 e. The number of aliphatic hydroxyl groups is 1. The zero-order chi connectivity index (χ0) is 17.3. The standard InChI is InChI=1S/C18H24ClFN2O2/c1-13-4-5-14(20)15(16(13)19)17(23)22-10-6-18(24,7-11-22)12-21-8-2-3-9-21/h4-5,24H,2-3,6-12H2,1H3. The molecule has 3 rings (SSSR count). The van der Waals surface area contributed by atoms with Gasteiger partial charge in [-0.15, -0.1) is 0 Å². The topological polar surface area (TPSA) is 43.8 Å². The molecule has 2 saturated heterocycles. The third kappa shape index (κ3) is 3.58. The van der Waals surface area contributed by atoms with Crippen LogP contribution in [0.15, 0.2) is 12.1 Å². The minimum absolute atomic E-state index is 0.0540. The summed E-state index contributed by atoms with van der Waals surface area (Å²) in [5.74, 6) is -0.974. The molecule has 0 atom stereocenters.